The molecule has 0 spiro atoms. The van der Waals surface area contributed by atoms with Crippen molar-refractivity contribution in [2.24, 2.45) is 11.8 Å². The minimum atomic E-state index is 0.0448. The first kappa shape index (κ1) is 13.9. The molecule has 0 aromatic carbocycles. The quantitative estimate of drug-likeness (QED) is 0.595. The second kappa shape index (κ2) is 7.16. The van der Waals surface area contributed by atoms with Gasteiger partial charge < -0.3 is 4.74 Å². The molecule has 1 aliphatic carbocycles. The Morgan fingerprint density at radius 3 is 2.11 bits per heavy atom. The number of fused-ring (bicyclic) bond motifs is 1. The summed E-state index contributed by atoms with van der Waals surface area (Å²) in [5.74, 6) is 0.805. The number of carbonyl (C=O) groups excluding carboxylic acids is 1. The maximum Gasteiger partial charge on any atom is 0.308 e. The van der Waals surface area contributed by atoms with Gasteiger partial charge in [-0.15, -0.1) is 0 Å². The summed E-state index contributed by atoms with van der Waals surface area (Å²) in [4.78, 5) is 11.7. The number of ether oxygens (including phenoxy) is 1. The van der Waals surface area contributed by atoms with E-state index in [9.17, 15) is 4.79 Å². The molecule has 2 aliphatic rings. The number of esters is 1. The van der Waals surface area contributed by atoms with Crippen LogP contribution < -0.4 is 0 Å². The molecule has 0 radical (unpaired) electrons. The molecule has 0 bridgehead atoms. The lowest BCUT2D eigenvalue weighted by Gasteiger charge is -2.34. The molecule has 2 fully saturated rings. The number of hydrogen-bond donors (Lipinski definition) is 0. The van der Waals surface area contributed by atoms with Gasteiger partial charge in [0.05, 0.1) is 5.92 Å². The van der Waals surface area contributed by atoms with E-state index in [0.29, 0.717) is 5.92 Å². The lowest BCUT2D eigenvalue weighted by molar-refractivity contribution is -0.165. The predicted molar refractivity (Wildman–Crippen MR) is 73.3 cm³/mol. The molecule has 0 aromatic heterocycles. The van der Waals surface area contributed by atoms with E-state index < -0.39 is 0 Å². The van der Waals surface area contributed by atoms with E-state index in [1.165, 1.54) is 57.8 Å². The Kier molecular flexibility index (Phi) is 5.52. The zero-order chi connectivity index (χ0) is 12.8. The van der Waals surface area contributed by atoms with Crippen molar-refractivity contribution >= 4 is 5.97 Å². The summed E-state index contributed by atoms with van der Waals surface area (Å²) in [7, 11) is 0. The maximum atomic E-state index is 11.7. The van der Waals surface area contributed by atoms with Gasteiger partial charge in [0.25, 0.3) is 0 Å². The Hall–Kier alpha value is -0.530. The number of hydrogen-bond acceptors (Lipinski definition) is 2. The van der Waals surface area contributed by atoms with Crippen molar-refractivity contribution in [3.05, 3.63) is 0 Å². The third kappa shape index (κ3) is 4.00. The third-order valence-corrected chi connectivity index (χ3v) is 4.67. The largest absolute Gasteiger partial charge is 0.462 e. The fourth-order valence-corrected chi connectivity index (χ4v) is 3.47. The minimum absolute atomic E-state index is 0.0448. The first-order valence-corrected chi connectivity index (χ1v) is 7.98. The van der Waals surface area contributed by atoms with E-state index in [2.05, 4.69) is 0 Å². The monoisotopic (exact) mass is 252 g/mol. The lowest BCUT2D eigenvalue weighted by atomic mass is 9.82. The summed E-state index contributed by atoms with van der Waals surface area (Å²) in [6.45, 7) is 2.02. The summed E-state index contributed by atoms with van der Waals surface area (Å²) in [5, 5.41) is 0. The van der Waals surface area contributed by atoms with Gasteiger partial charge in [0.2, 0.25) is 0 Å². The molecule has 2 rings (SSSR count). The Labute approximate surface area is 111 Å². The number of carbonyl (C=O) groups is 1. The summed E-state index contributed by atoms with van der Waals surface area (Å²) in [5.41, 5.74) is 0. The molecule has 2 nitrogen and oxygen atoms in total. The SMILES string of the molecule is CC1CC2CCCCCCCCCCC2OC1=O. The molecular weight excluding hydrogens is 224 g/mol. The first-order chi connectivity index (χ1) is 8.77. The molecule has 0 aromatic rings. The van der Waals surface area contributed by atoms with Crippen molar-refractivity contribution in [3.63, 3.8) is 0 Å². The predicted octanol–water partition coefficient (Wildman–Crippen LogP) is 4.47. The van der Waals surface area contributed by atoms with Crippen molar-refractivity contribution in [2.75, 3.05) is 0 Å². The van der Waals surface area contributed by atoms with Gasteiger partial charge in [-0.2, -0.15) is 0 Å². The number of rotatable bonds is 0. The fraction of sp³-hybridized carbons (Fsp3) is 0.938. The smallest absolute Gasteiger partial charge is 0.308 e. The third-order valence-electron chi connectivity index (χ3n) is 4.67. The molecule has 18 heavy (non-hydrogen) atoms. The molecular formula is C16H28O2. The highest BCUT2D eigenvalue weighted by atomic mass is 16.5. The van der Waals surface area contributed by atoms with E-state index in [4.69, 9.17) is 4.74 Å². The molecule has 1 aliphatic heterocycles. The van der Waals surface area contributed by atoms with Crippen molar-refractivity contribution in [3.8, 4) is 0 Å². The van der Waals surface area contributed by atoms with Crippen LogP contribution in [0.3, 0.4) is 0 Å². The zero-order valence-electron chi connectivity index (χ0n) is 11.8. The van der Waals surface area contributed by atoms with E-state index in [1.807, 2.05) is 6.92 Å². The van der Waals surface area contributed by atoms with Crippen LogP contribution in [-0.4, -0.2) is 12.1 Å². The van der Waals surface area contributed by atoms with Gasteiger partial charge in [-0.05, 0) is 31.6 Å². The van der Waals surface area contributed by atoms with Gasteiger partial charge in [0, 0.05) is 0 Å². The highest BCUT2D eigenvalue weighted by molar-refractivity contribution is 5.73. The van der Waals surface area contributed by atoms with E-state index in [1.54, 1.807) is 0 Å². The van der Waals surface area contributed by atoms with Crippen LogP contribution in [0.25, 0.3) is 0 Å². The van der Waals surface area contributed by atoms with Gasteiger partial charge >= 0.3 is 5.97 Å². The molecule has 1 saturated carbocycles. The van der Waals surface area contributed by atoms with Gasteiger partial charge in [0.1, 0.15) is 6.10 Å². The molecule has 1 saturated heterocycles. The van der Waals surface area contributed by atoms with Crippen molar-refractivity contribution in [2.45, 2.75) is 83.7 Å². The summed E-state index contributed by atoms with van der Waals surface area (Å²) in [6.07, 6.45) is 14.5. The van der Waals surface area contributed by atoms with Crippen LogP contribution >= 0.6 is 0 Å². The van der Waals surface area contributed by atoms with Crippen molar-refractivity contribution < 1.29 is 9.53 Å². The summed E-state index contributed by atoms with van der Waals surface area (Å²) < 4.78 is 5.67. The van der Waals surface area contributed by atoms with Crippen molar-refractivity contribution in [1.29, 1.82) is 0 Å². The average molecular weight is 252 g/mol. The Morgan fingerprint density at radius 2 is 1.44 bits per heavy atom. The Bertz CT molecular complexity index is 262. The normalized spacial score (nSPS) is 35.8. The van der Waals surface area contributed by atoms with Gasteiger partial charge in [0.15, 0.2) is 0 Å². The second-order valence-electron chi connectivity index (χ2n) is 6.28. The molecule has 3 unspecified atom stereocenters. The van der Waals surface area contributed by atoms with Crippen LogP contribution in [0.15, 0.2) is 0 Å². The summed E-state index contributed by atoms with van der Waals surface area (Å²) >= 11 is 0. The fourth-order valence-electron chi connectivity index (χ4n) is 3.47. The summed E-state index contributed by atoms with van der Waals surface area (Å²) in [6, 6.07) is 0. The van der Waals surface area contributed by atoms with E-state index >= 15 is 0 Å². The van der Waals surface area contributed by atoms with E-state index in [-0.39, 0.29) is 18.0 Å². The van der Waals surface area contributed by atoms with Crippen LogP contribution in [0.4, 0.5) is 0 Å². The van der Waals surface area contributed by atoms with Gasteiger partial charge in [-0.3, -0.25) is 4.79 Å². The second-order valence-corrected chi connectivity index (χ2v) is 6.28. The van der Waals surface area contributed by atoms with E-state index in [0.717, 1.165) is 12.8 Å². The minimum Gasteiger partial charge on any atom is -0.462 e. The van der Waals surface area contributed by atoms with Gasteiger partial charge in [-0.1, -0.05) is 51.9 Å². The highest BCUT2D eigenvalue weighted by Gasteiger charge is 2.34. The molecule has 0 N–H and O–H groups in total. The Morgan fingerprint density at radius 1 is 0.889 bits per heavy atom. The van der Waals surface area contributed by atoms with Crippen LogP contribution in [0.2, 0.25) is 0 Å². The molecule has 3 atom stereocenters. The van der Waals surface area contributed by atoms with Crippen LogP contribution in [-0.2, 0) is 9.53 Å². The molecule has 1 heterocycles. The topological polar surface area (TPSA) is 26.3 Å². The molecule has 104 valence electrons. The van der Waals surface area contributed by atoms with Crippen molar-refractivity contribution in [1.82, 2.24) is 0 Å². The first-order valence-electron chi connectivity index (χ1n) is 7.98. The van der Waals surface area contributed by atoms with Gasteiger partial charge in [-0.25, -0.2) is 0 Å². The maximum absolute atomic E-state index is 11.7. The van der Waals surface area contributed by atoms with Crippen LogP contribution in [0.5, 0.6) is 0 Å². The molecule has 2 heteroatoms. The van der Waals surface area contributed by atoms with Crippen LogP contribution in [0.1, 0.15) is 77.6 Å². The molecule has 0 amide bonds. The zero-order valence-corrected chi connectivity index (χ0v) is 11.8. The Balaban J connectivity index is 1.90. The highest BCUT2D eigenvalue weighted by Crippen LogP contribution is 2.33. The average Bonchev–Trinajstić information content (AvgIpc) is 2.34. The van der Waals surface area contributed by atoms with Crippen LogP contribution in [0, 0.1) is 11.8 Å². The standard InChI is InChI=1S/C16H28O2/c1-13-12-14-10-8-6-4-2-3-5-7-9-11-15(14)18-16(13)17/h13-15H,2-12H2,1H3. The lowest BCUT2D eigenvalue weighted by Crippen LogP contribution is -2.37.